The number of aromatic nitrogens is 1. The molecule has 3 fully saturated rings. The van der Waals surface area contributed by atoms with Crippen molar-refractivity contribution in [2.24, 2.45) is 0 Å². The minimum Gasteiger partial charge on any atom is -0.381 e. The van der Waals surface area contributed by atoms with E-state index in [1.165, 1.54) is 0 Å². The van der Waals surface area contributed by atoms with Crippen LogP contribution in [0.25, 0.3) is 0 Å². The second-order valence-corrected chi connectivity index (χ2v) is 10.6. The lowest BCUT2D eigenvalue weighted by molar-refractivity contribution is -0.136. The molecule has 0 bridgehead atoms. The van der Waals surface area contributed by atoms with E-state index in [9.17, 15) is 13.2 Å². The van der Waals surface area contributed by atoms with Crippen LogP contribution in [0.15, 0.2) is 24.5 Å². The number of piperazine rings is 1. The molecule has 4 heterocycles. The van der Waals surface area contributed by atoms with Crippen LogP contribution in [0.2, 0.25) is 0 Å². The highest BCUT2D eigenvalue weighted by Crippen LogP contribution is 2.34. The molecular formula is C21H34N4O4S. The predicted octanol–water partition coefficient (Wildman–Crippen LogP) is 1.65. The summed E-state index contributed by atoms with van der Waals surface area (Å²) >= 11 is 0. The molecule has 8 nitrogen and oxygen atoms in total. The fraction of sp³-hybridized carbons (Fsp3) is 0.762. The second-order valence-electron chi connectivity index (χ2n) is 8.70. The van der Waals surface area contributed by atoms with Crippen molar-refractivity contribution in [1.29, 1.82) is 0 Å². The summed E-state index contributed by atoms with van der Waals surface area (Å²) < 4.78 is 37.0. The zero-order chi connectivity index (χ0) is 21.0. The van der Waals surface area contributed by atoms with Gasteiger partial charge in [0.2, 0.25) is 5.91 Å². The Hall–Kier alpha value is -1.42. The van der Waals surface area contributed by atoms with E-state index < -0.39 is 10.2 Å². The molecule has 9 heteroatoms. The zero-order valence-electron chi connectivity index (χ0n) is 17.7. The minimum atomic E-state index is -3.42. The second kappa shape index (κ2) is 9.38. The van der Waals surface area contributed by atoms with Gasteiger partial charge in [-0.25, -0.2) is 0 Å². The Morgan fingerprint density at radius 3 is 2.00 bits per heavy atom. The Morgan fingerprint density at radius 2 is 1.40 bits per heavy atom. The third-order valence-corrected chi connectivity index (χ3v) is 8.90. The minimum absolute atomic E-state index is 0.109. The third kappa shape index (κ3) is 4.59. The molecule has 0 N–H and O–H groups in total. The summed E-state index contributed by atoms with van der Waals surface area (Å²) in [7, 11) is -3.42. The van der Waals surface area contributed by atoms with Crippen LogP contribution in [-0.4, -0.2) is 84.9 Å². The molecule has 3 saturated heterocycles. The molecule has 0 aliphatic carbocycles. The predicted molar refractivity (Wildman–Crippen MR) is 114 cm³/mol. The Kier molecular flexibility index (Phi) is 6.81. The van der Waals surface area contributed by atoms with Gasteiger partial charge >= 0.3 is 0 Å². The van der Waals surface area contributed by atoms with Crippen LogP contribution in [0.4, 0.5) is 0 Å². The van der Waals surface area contributed by atoms with Crippen molar-refractivity contribution in [3.8, 4) is 0 Å². The zero-order valence-corrected chi connectivity index (χ0v) is 18.6. The first-order chi connectivity index (χ1) is 14.5. The largest absolute Gasteiger partial charge is 0.381 e. The van der Waals surface area contributed by atoms with E-state index in [2.05, 4.69) is 4.57 Å². The van der Waals surface area contributed by atoms with Crippen LogP contribution in [0, 0.1) is 0 Å². The molecule has 0 spiro atoms. The molecule has 1 amide bonds. The number of carbonyl (C=O) groups is 1. The quantitative estimate of drug-likeness (QED) is 0.701. The van der Waals surface area contributed by atoms with Crippen molar-refractivity contribution in [2.45, 2.75) is 50.5 Å². The average Bonchev–Trinajstić information content (AvgIpc) is 3.17. The number of rotatable bonds is 5. The van der Waals surface area contributed by atoms with Gasteiger partial charge in [0.15, 0.2) is 0 Å². The molecule has 0 aromatic carbocycles. The Bertz CT molecular complexity index is 789. The topological polar surface area (TPSA) is 75.1 Å². The van der Waals surface area contributed by atoms with Gasteiger partial charge in [0.05, 0.1) is 12.0 Å². The highest BCUT2D eigenvalue weighted by Gasteiger charge is 2.39. The molecule has 168 valence electrons. The number of amides is 1. The summed E-state index contributed by atoms with van der Waals surface area (Å²) in [5.41, 5.74) is -0.242. The van der Waals surface area contributed by atoms with Crippen LogP contribution in [-0.2, 0) is 25.3 Å². The molecule has 30 heavy (non-hydrogen) atoms. The Balaban J connectivity index is 1.37. The summed E-state index contributed by atoms with van der Waals surface area (Å²) in [6.45, 7) is 4.23. The van der Waals surface area contributed by atoms with Gasteiger partial charge in [0, 0.05) is 64.9 Å². The summed E-state index contributed by atoms with van der Waals surface area (Å²) in [6.07, 6.45) is 10.2. The van der Waals surface area contributed by atoms with Crippen molar-refractivity contribution < 1.29 is 17.9 Å². The van der Waals surface area contributed by atoms with Crippen molar-refractivity contribution in [3.05, 3.63) is 24.5 Å². The van der Waals surface area contributed by atoms with E-state index in [1.807, 2.05) is 29.4 Å². The van der Waals surface area contributed by atoms with E-state index in [-0.39, 0.29) is 11.4 Å². The SMILES string of the molecule is O=C(CC1(n2cccc2)CCOCC1)N1CCN(S(=O)(=O)N2CCCCCC2)CC1. The van der Waals surface area contributed by atoms with Crippen molar-refractivity contribution in [3.63, 3.8) is 0 Å². The maximum Gasteiger partial charge on any atom is 0.282 e. The maximum absolute atomic E-state index is 13.2. The smallest absolute Gasteiger partial charge is 0.282 e. The lowest BCUT2D eigenvalue weighted by atomic mass is 9.85. The standard InChI is InChI=1S/C21H34N4O4S/c26-20(19-21(7-17-29-18-8-21)23-9-5-6-10-23)22-13-15-25(16-14-22)30(27,28)24-11-3-1-2-4-12-24/h5-6,9-10H,1-4,7-8,11-19H2. The van der Waals surface area contributed by atoms with Crippen molar-refractivity contribution in [2.75, 3.05) is 52.5 Å². The van der Waals surface area contributed by atoms with Crippen LogP contribution >= 0.6 is 0 Å². The van der Waals surface area contributed by atoms with Gasteiger partial charge in [0.25, 0.3) is 10.2 Å². The van der Waals surface area contributed by atoms with Crippen LogP contribution in [0.1, 0.15) is 44.9 Å². The number of nitrogens with zero attached hydrogens (tertiary/aromatic N) is 4. The number of ether oxygens (including phenoxy) is 1. The normalized spacial score (nSPS) is 24.5. The van der Waals surface area contributed by atoms with E-state index >= 15 is 0 Å². The van der Waals surface area contributed by atoms with E-state index in [0.29, 0.717) is 58.9 Å². The first-order valence-electron chi connectivity index (χ1n) is 11.3. The lowest BCUT2D eigenvalue weighted by Gasteiger charge is -2.41. The van der Waals surface area contributed by atoms with Crippen molar-refractivity contribution in [1.82, 2.24) is 18.1 Å². The Labute approximate surface area is 179 Å². The average molecular weight is 439 g/mol. The number of hydrogen-bond acceptors (Lipinski definition) is 4. The first-order valence-corrected chi connectivity index (χ1v) is 12.7. The van der Waals surface area contributed by atoms with Gasteiger partial charge in [-0.2, -0.15) is 17.0 Å². The summed E-state index contributed by atoms with van der Waals surface area (Å²) in [4.78, 5) is 15.0. The van der Waals surface area contributed by atoms with Gasteiger partial charge in [-0.05, 0) is 37.8 Å². The summed E-state index contributed by atoms with van der Waals surface area (Å²) in [5, 5.41) is 0. The molecule has 1 aromatic rings. The van der Waals surface area contributed by atoms with Crippen LogP contribution in [0.5, 0.6) is 0 Å². The van der Waals surface area contributed by atoms with Gasteiger partial charge in [-0.15, -0.1) is 0 Å². The summed E-state index contributed by atoms with van der Waals surface area (Å²) in [5.74, 6) is 0.109. The highest BCUT2D eigenvalue weighted by molar-refractivity contribution is 7.86. The molecule has 0 unspecified atom stereocenters. The molecule has 0 atom stereocenters. The monoisotopic (exact) mass is 438 g/mol. The van der Waals surface area contributed by atoms with Crippen molar-refractivity contribution >= 4 is 16.1 Å². The van der Waals surface area contributed by atoms with E-state index in [1.54, 1.807) is 8.61 Å². The van der Waals surface area contributed by atoms with Gasteiger partial charge in [0.1, 0.15) is 0 Å². The Morgan fingerprint density at radius 1 is 0.833 bits per heavy atom. The molecule has 3 aliphatic rings. The van der Waals surface area contributed by atoms with Gasteiger partial charge < -0.3 is 14.2 Å². The fourth-order valence-electron chi connectivity index (χ4n) is 4.93. The number of carbonyl (C=O) groups excluding carboxylic acids is 1. The molecule has 4 rings (SSSR count). The van der Waals surface area contributed by atoms with E-state index in [4.69, 9.17) is 4.74 Å². The molecular weight excluding hydrogens is 404 g/mol. The third-order valence-electron chi connectivity index (χ3n) is 6.86. The molecule has 0 radical (unpaired) electrons. The van der Waals surface area contributed by atoms with Gasteiger partial charge in [-0.3, -0.25) is 4.79 Å². The highest BCUT2D eigenvalue weighted by atomic mass is 32.2. The van der Waals surface area contributed by atoms with Crippen LogP contribution < -0.4 is 0 Å². The molecule has 1 aromatic heterocycles. The van der Waals surface area contributed by atoms with Gasteiger partial charge in [-0.1, -0.05) is 12.8 Å². The maximum atomic E-state index is 13.2. The summed E-state index contributed by atoms with van der Waals surface area (Å²) in [6, 6.07) is 3.99. The lowest BCUT2D eigenvalue weighted by Crippen LogP contribution is -2.55. The van der Waals surface area contributed by atoms with E-state index in [0.717, 1.165) is 38.5 Å². The molecule has 0 saturated carbocycles. The first kappa shape index (κ1) is 21.8. The van der Waals surface area contributed by atoms with Crippen LogP contribution in [0.3, 0.4) is 0 Å². The fourth-order valence-corrected chi connectivity index (χ4v) is 6.60. The molecule has 3 aliphatic heterocycles. The number of hydrogen-bond donors (Lipinski definition) is 0.